The standard InChI is InChI=1S/C20H28N4O4S/c1-2-15-29(26,27)24-13-6-9-17(10-12-21-18(25)11-14-24)20-22-19(23-28-20)16-7-4-3-5-8-16/h3-5,7-8,17H,2,6,9-15H2,1H3,(H,21,25). The van der Waals surface area contributed by atoms with Gasteiger partial charge in [-0.1, -0.05) is 42.4 Å². The molecule has 1 amide bonds. The minimum absolute atomic E-state index is 0.0332. The molecule has 1 aliphatic rings. The Bertz CT molecular complexity index is 898. The van der Waals surface area contributed by atoms with E-state index in [2.05, 4.69) is 15.5 Å². The molecule has 29 heavy (non-hydrogen) atoms. The van der Waals surface area contributed by atoms with E-state index in [1.54, 1.807) is 0 Å². The number of amides is 1. The maximum atomic E-state index is 12.5. The largest absolute Gasteiger partial charge is 0.356 e. The lowest BCUT2D eigenvalue weighted by Crippen LogP contribution is -2.37. The highest BCUT2D eigenvalue weighted by Crippen LogP contribution is 2.26. The summed E-state index contributed by atoms with van der Waals surface area (Å²) in [6, 6.07) is 9.60. The van der Waals surface area contributed by atoms with Crippen LogP contribution in [0.25, 0.3) is 11.4 Å². The minimum Gasteiger partial charge on any atom is -0.356 e. The fourth-order valence-electron chi connectivity index (χ4n) is 3.49. The smallest absolute Gasteiger partial charge is 0.230 e. The first-order valence-corrected chi connectivity index (χ1v) is 11.7. The van der Waals surface area contributed by atoms with Crippen LogP contribution in [0.3, 0.4) is 0 Å². The molecule has 0 bridgehead atoms. The van der Waals surface area contributed by atoms with Gasteiger partial charge in [0.25, 0.3) is 0 Å². The molecule has 0 radical (unpaired) electrons. The van der Waals surface area contributed by atoms with E-state index in [-0.39, 0.29) is 30.5 Å². The van der Waals surface area contributed by atoms with Crippen LogP contribution in [0, 0.1) is 0 Å². The Kier molecular flexibility index (Phi) is 7.38. The van der Waals surface area contributed by atoms with Gasteiger partial charge in [0.15, 0.2) is 0 Å². The lowest BCUT2D eigenvalue weighted by molar-refractivity contribution is -0.121. The second kappa shape index (κ2) is 9.98. The van der Waals surface area contributed by atoms with Crippen molar-refractivity contribution in [2.45, 2.75) is 44.9 Å². The topological polar surface area (TPSA) is 105 Å². The Labute approximate surface area is 171 Å². The minimum atomic E-state index is -3.35. The summed E-state index contributed by atoms with van der Waals surface area (Å²) >= 11 is 0. The van der Waals surface area contributed by atoms with Crippen LogP contribution in [0.15, 0.2) is 34.9 Å². The second-order valence-electron chi connectivity index (χ2n) is 7.27. The zero-order valence-electron chi connectivity index (χ0n) is 16.7. The van der Waals surface area contributed by atoms with E-state index in [1.165, 1.54) is 4.31 Å². The first-order chi connectivity index (χ1) is 14.0. The van der Waals surface area contributed by atoms with E-state index in [9.17, 15) is 13.2 Å². The number of aromatic nitrogens is 2. The van der Waals surface area contributed by atoms with E-state index in [4.69, 9.17) is 4.52 Å². The van der Waals surface area contributed by atoms with Gasteiger partial charge in [-0.3, -0.25) is 4.79 Å². The molecule has 8 nitrogen and oxygen atoms in total. The maximum Gasteiger partial charge on any atom is 0.230 e. The Balaban J connectivity index is 1.74. The lowest BCUT2D eigenvalue weighted by Gasteiger charge is -2.21. The maximum absolute atomic E-state index is 12.5. The predicted octanol–water partition coefficient (Wildman–Crippen LogP) is 2.55. The van der Waals surface area contributed by atoms with Gasteiger partial charge in [-0.05, 0) is 25.7 Å². The van der Waals surface area contributed by atoms with Crippen LogP contribution in [0.2, 0.25) is 0 Å². The van der Waals surface area contributed by atoms with Crippen LogP contribution < -0.4 is 5.32 Å². The molecule has 1 fully saturated rings. The fourth-order valence-corrected chi connectivity index (χ4v) is 5.04. The molecule has 9 heteroatoms. The highest BCUT2D eigenvalue weighted by Gasteiger charge is 2.25. The van der Waals surface area contributed by atoms with Crippen LogP contribution in [0.5, 0.6) is 0 Å². The number of carbonyl (C=O) groups is 1. The Hall–Kier alpha value is -2.26. The van der Waals surface area contributed by atoms with Crippen LogP contribution in [-0.4, -0.2) is 54.2 Å². The number of hydrogen-bond donors (Lipinski definition) is 1. The van der Waals surface area contributed by atoms with E-state index in [1.807, 2.05) is 37.3 Å². The van der Waals surface area contributed by atoms with Crippen molar-refractivity contribution in [3.63, 3.8) is 0 Å². The van der Waals surface area contributed by atoms with Gasteiger partial charge in [0.2, 0.25) is 27.6 Å². The number of benzene rings is 1. The van der Waals surface area contributed by atoms with E-state index in [0.717, 1.165) is 5.56 Å². The molecule has 1 aliphatic heterocycles. The van der Waals surface area contributed by atoms with Crippen LogP contribution in [0.1, 0.15) is 50.8 Å². The molecule has 1 aromatic heterocycles. The molecule has 0 saturated carbocycles. The van der Waals surface area contributed by atoms with E-state index < -0.39 is 10.0 Å². The molecular weight excluding hydrogens is 392 g/mol. The average Bonchev–Trinajstić information content (AvgIpc) is 3.18. The summed E-state index contributed by atoms with van der Waals surface area (Å²) in [7, 11) is -3.35. The summed E-state index contributed by atoms with van der Waals surface area (Å²) in [6.07, 6.45) is 2.78. The quantitative estimate of drug-likeness (QED) is 0.797. The molecule has 1 unspecified atom stereocenters. The number of carbonyl (C=O) groups excluding carboxylic acids is 1. The molecule has 3 rings (SSSR count). The number of sulfonamides is 1. The second-order valence-corrected chi connectivity index (χ2v) is 9.35. The first kappa shape index (κ1) is 21.4. The van der Waals surface area contributed by atoms with E-state index >= 15 is 0 Å². The van der Waals surface area contributed by atoms with Crippen molar-refractivity contribution in [1.29, 1.82) is 0 Å². The Morgan fingerprint density at radius 2 is 2.00 bits per heavy atom. The molecule has 158 valence electrons. The van der Waals surface area contributed by atoms with Crippen LogP contribution >= 0.6 is 0 Å². The van der Waals surface area contributed by atoms with Gasteiger partial charge in [-0.25, -0.2) is 12.7 Å². The SMILES string of the molecule is CCCS(=O)(=O)N1CCCC(c2nc(-c3ccccc3)no2)CCNC(=O)CC1. The number of hydrogen-bond acceptors (Lipinski definition) is 6. The molecule has 2 aromatic rings. The number of nitrogens with one attached hydrogen (secondary N) is 1. The first-order valence-electron chi connectivity index (χ1n) is 10.1. The molecular formula is C20H28N4O4S. The zero-order valence-corrected chi connectivity index (χ0v) is 17.5. The summed E-state index contributed by atoms with van der Waals surface area (Å²) in [6.45, 7) is 2.95. The van der Waals surface area contributed by atoms with Gasteiger partial charge in [0.1, 0.15) is 0 Å². The van der Waals surface area contributed by atoms with Gasteiger partial charge in [0, 0.05) is 37.5 Å². The van der Waals surface area contributed by atoms with Gasteiger partial charge >= 0.3 is 0 Å². The van der Waals surface area contributed by atoms with Crippen LogP contribution in [0.4, 0.5) is 0 Å². The number of nitrogens with zero attached hydrogens (tertiary/aromatic N) is 3. The third kappa shape index (κ3) is 5.86. The summed E-state index contributed by atoms with van der Waals surface area (Å²) in [4.78, 5) is 16.6. The number of rotatable bonds is 5. The van der Waals surface area contributed by atoms with Crippen molar-refractivity contribution < 1.29 is 17.7 Å². The van der Waals surface area contributed by atoms with Crippen molar-refractivity contribution in [3.8, 4) is 11.4 Å². The molecule has 0 aliphatic carbocycles. The zero-order chi connectivity index (χ0) is 20.7. The average molecular weight is 421 g/mol. The van der Waals surface area contributed by atoms with Crippen molar-refractivity contribution >= 4 is 15.9 Å². The monoisotopic (exact) mass is 420 g/mol. The van der Waals surface area contributed by atoms with Crippen LogP contribution in [-0.2, 0) is 14.8 Å². The summed E-state index contributed by atoms with van der Waals surface area (Å²) in [5, 5.41) is 6.96. The van der Waals surface area contributed by atoms with Crippen molar-refractivity contribution in [2.24, 2.45) is 0 Å². The molecule has 1 aromatic carbocycles. The predicted molar refractivity (Wildman–Crippen MR) is 110 cm³/mol. The Morgan fingerprint density at radius 3 is 2.76 bits per heavy atom. The summed E-state index contributed by atoms with van der Waals surface area (Å²) in [5.41, 5.74) is 0.879. The normalized spacial score (nSPS) is 20.0. The fraction of sp³-hybridized carbons (Fsp3) is 0.550. The van der Waals surface area contributed by atoms with Crippen molar-refractivity contribution in [3.05, 3.63) is 36.2 Å². The highest BCUT2D eigenvalue weighted by molar-refractivity contribution is 7.89. The third-order valence-electron chi connectivity index (χ3n) is 5.04. The van der Waals surface area contributed by atoms with Gasteiger partial charge in [-0.2, -0.15) is 4.98 Å². The molecule has 2 heterocycles. The van der Waals surface area contributed by atoms with Gasteiger partial charge in [-0.15, -0.1) is 0 Å². The van der Waals surface area contributed by atoms with Gasteiger partial charge < -0.3 is 9.84 Å². The van der Waals surface area contributed by atoms with Crippen molar-refractivity contribution in [2.75, 3.05) is 25.4 Å². The van der Waals surface area contributed by atoms with E-state index in [0.29, 0.717) is 50.5 Å². The highest BCUT2D eigenvalue weighted by atomic mass is 32.2. The van der Waals surface area contributed by atoms with Gasteiger partial charge in [0.05, 0.1) is 5.75 Å². The molecule has 1 atom stereocenters. The molecule has 1 N–H and O–H groups in total. The summed E-state index contributed by atoms with van der Waals surface area (Å²) < 4.78 is 32.0. The summed E-state index contributed by atoms with van der Waals surface area (Å²) in [5.74, 6) is 0.987. The third-order valence-corrected chi connectivity index (χ3v) is 7.12. The molecule has 1 saturated heterocycles. The Morgan fingerprint density at radius 1 is 1.21 bits per heavy atom. The van der Waals surface area contributed by atoms with Crippen molar-refractivity contribution in [1.82, 2.24) is 19.8 Å². The lowest BCUT2D eigenvalue weighted by atomic mass is 9.99. The molecule has 0 spiro atoms.